The lowest BCUT2D eigenvalue weighted by Gasteiger charge is -2.29. The maximum absolute atomic E-state index is 12.8. The molecule has 1 aliphatic rings. The largest absolute Gasteiger partial charge is 0.463 e. The summed E-state index contributed by atoms with van der Waals surface area (Å²) in [5.41, 5.74) is 5.85. The van der Waals surface area contributed by atoms with E-state index < -0.39 is 6.04 Å². The molecule has 2 heterocycles. The van der Waals surface area contributed by atoms with E-state index in [1.54, 1.807) is 6.92 Å². The van der Waals surface area contributed by atoms with Crippen molar-refractivity contribution in [1.29, 1.82) is 0 Å². The molecule has 2 aromatic carbocycles. The lowest BCUT2D eigenvalue weighted by Crippen LogP contribution is -2.45. The quantitative estimate of drug-likeness (QED) is 0.465. The van der Waals surface area contributed by atoms with Crippen LogP contribution in [-0.2, 0) is 9.53 Å². The lowest BCUT2D eigenvalue weighted by atomic mass is 9.93. The Balaban J connectivity index is 1.90. The minimum absolute atomic E-state index is 0.293. The van der Waals surface area contributed by atoms with Gasteiger partial charge in [-0.3, -0.25) is 0 Å². The van der Waals surface area contributed by atoms with Gasteiger partial charge in [0.2, 0.25) is 0 Å². The molecule has 4 rings (SSSR count). The minimum Gasteiger partial charge on any atom is -0.463 e. The molecule has 7 heteroatoms. The zero-order valence-electron chi connectivity index (χ0n) is 17.7. The molecule has 0 unspecified atom stereocenters. The Bertz CT molecular complexity index is 1150. The van der Waals surface area contributed by atoms with Crippen LogP contribution in [0.3, 0.4) is 0 Å². The molecule has 0 saturated carbocycles. The molecule has 1 atom stereocenters. The number of carbonyl (C=O) groups excluding carboxylic acids is 1. The number of aryl methyl sites for hydroxylation is 1. The summed E-state index contributed by atoms with van der Waals surface area (Å²) in [5, 5.41) is 11.6. The second kappa shape index (κ2) is 8.73. The molecule has 1 aromatic heterocycles. The van der Waals surface area contributed by atoms with Gasteiger partial charge in [-0.05, 0) is 45.1 Å². The van der Waals surface area contributed by atoms with Gasteiger partial charge in [-0.1, -0.05) is 48.0 Å². The van der Waals surface area contributed by atoms with E-state index in [4.69, 9.17) is 22.1 Å². The first kappa shape index (κ1) is 20.8. The number of nitrogens with zero attached hydrogens (tertiary/aromatic N) is 2. The fourth-order valence-corrected chi connectivity index (χ4v) is 3.92. The number of hydrogen-bond acceptors (Lipinski definition) is 4. The predicted molar refractivity (Wildman–Crippen MR) is 125 cm³/mol. The number of thiocarbonyl (C=S) groups is 1. The molecule has 0 spiro atoms. The van der Waals surface area contributed by atoms with Crippen LogP contribution in [0.1, 0.15) is 31.0 Å². The van der Waals surface area contributed by atoms with Gasteiger partial charge < -0.3 is 15.4 Å². The van der Waals surface area contributed by atoms with Crippen LogP contribution in [0.4, 0.5) is 0 Å². The number of esters is 1. The van der Waals surface area contributed by atoms with Crippen molar-refractivity contribution in [2.24, 2.45) is 0 Å². The molecule has 3 aromatic rings. The first-order chi connectivity index (χ1) is 15.0. The van der Waals surface area contributed by atoms with E-state index in [1.165, 1.54) is 0 Å². The standard InChI is InChI=1S/C24H24N4O2S/c1-4-30-23(29)20-16(3)25-24(31)26-22(20)19-14-28(18-8-6-5-7-9-18)27-21(19)17-12-10-15(2)11-13-17/h5-14,22H,4H2,1-3H3,(H2,25,26,31)/t22-/m1/s1. The molecule has 0 aliphatic carbocycles. The summed E-state index contributed by atoms with van der Waals surface area (Å²) < 4.78 is 7.17. The van der Waals surface area contributed by atoms with Crippen LogP contribution in [0.2, 0.25) is 0 Å². The Morgan fingerprint density at radius 3 is 2.52 bits per heavy atom. The van der Waals surface area contributed by atoms with E-state index in [2.05, 4.69) is 22.8 Å². The highest BCUT2D eigenvalue weighted by molar-refractivity contribution is 7.80. The van der Waals surface area contributed by atoms with Crippen molar-refractivity contribution in [2.75, 3.05) is 6.61 Å². The summed E-state index contributed by atoms with van der Waals surface area (Å²) in [4.78, 5) is 12.8. The minimum atomic E-state index is -0.485. The van der Waals surface area contributed by atoms with E-state index >= 15 is 0 Å². The van der Waals surface area contributed by atoms with Gasteiger partial charge in [0.05, 0.1) is 29.6 Å². The first-order valence-electron chi connectivity index (χ1n) is 10.2. The molecule has 31 heavy (non-hydrogen) atoms. The number of allylic oxidation sites excluding steroid dienone is 1. The molecule has 1 aliphatic heterocycles. The van der Waals surface area contributed by atoms with Gasteiger partial charge in [0, 0.05) is 23.0 Å². The molecule has 0 amide bonds. The molecule has 0 bridgehead atoms. The zero-order chi connectivity index (χ0) is 22.0. The van der Waals surface area contributed by atoms with Crippen LogP contribution >= 0.6 is 12.2 Å². The maximum Gasteiger partial charge on any atom is 0.338 e. The Hall–Kier alpha value is -3.45. The molecule has 6 nitrogen and oxygen atoms in total. The summed E-state index contributed by atoms with van der Waals surface area (Å²) in [5.74, 6) is -0.380. The summed E-state index contributed by atoms with van der Waals surface area (Å²) in [6, 6.07) is 17.6. The van der Waals surface area contributed by atoms with Gasteiger partial charge in [0.15, 0.2) is 5.11 Å². The highest BCUT2D eigenvalue weighted by Gasteiger charge is 2.34. The summed E-state index contributed by atoms with van der Waals surface area (Å²) >= 11 is 5.41. The number of rotatable bonds is 5. The molecule has 0 saturated heterocycles. The van der Waals surface area contributed by atoms with Crippen molar-refractivity contribution in [3.63, 3.8) is 0 Å². The number of hydrogen-bond donors (Lipinski definition) is 2. The summed E-state index contributed by atoms with van der Waals surface area (Å²) in [6.07, 6.45) is 1.95. The van der Waals surface area contributed by atoms with Gasteiger partial charge in [-0.25, -0.2) is 9.48 Å². The van der Waals surface area contributed by atoms with Crippen molar-refractivity contribution >= 4 is 23.3 Å². The van der Waals surface area contributed by atoms with Crippen molar-refractivity contribution in [3.05, 3.63) is 83.2 Å². The fourth-order valence-electron chi connectivity index (χ4n) is 3.65. The Morgan fingerprint density at radius 2 is 1.84 bits per heavy atom. The van der Waals surface area contributed by atoms with Gasteiger partial charge in [-0.15, -0.1) is 0 Å². The predicted octanol–water partition coefficient (Wildman–Crippen LogP) is 4.20. The molecule has 0 fully saturated rings. The summed E-state index contributed by atoms with van der Waals surface area (Å²) in [7, 11) is 0. The topological polar surface area (TPSA) is 68.2 Å². The average molecular weight is 433 g/mol. The van der Waals surface area contributed by atoms with Crippen LogP contribution < -0.4 is 10.6 Å². The van der Waals surface area contributed by atoms with Gasteiger partial charge in [0.1, 0.15) is 0 Å². The van der Waals surface area contributed by atoms with Crippen LogP contribution in [0, 0.1) is 6.92 Å². The normalized spacial score (nSPS) is 16.0. The van der Waals surface area contributed by atoms with E-state index in [0.29, 0.717) is 23.0 Å². The lowest BCUT2D eigenvalue weighted by molar-refractivity contribution is -0.139. The number of nitrogens with one attached hydrogen (secondary N) is 2. The fraction of sp³-hybridized carbons (Fsp3) is 0.208. The number of carbonyl (C=O) groups is 1. The first-order valence-corrected chi connectivity index (χ1v) is 10.6. The SMILES string of the molecule is CCOC(=O)C1=C(C)NC(=S)N[C@@H]1c1cn(-c2ccccc2)nc1-c1ccc(C)cc1. The third kappa shape index (κ3) is 4.22. The van der Waals surface area contributed by atoms with Gasteiger partial charge in [-0.2, -0.15) is 5.10 Å². The van der Waals surface area contributed by atoms with Crippen LogP contribution in [0.25, 0.3) is 16.9 Å². The van der Waals surface area contributed by atoms with Crippen molar-refractivity contribution in [2.45, 2.75) is 26.8 Å². The maximum atomic E-state index is 12.8. The van der Waals surface area contributed by atoms with Crippen molar-refractivity contribution in [3.8, 4) is 16.9 Å². The molecular weight excluding hydrogens is 408 g/mol. The van der Waals surface area contributed by atoms with Gasteiger partial charge >= 0.3 is 5.97 Å². The second-order valence-electron chi connectivity index (χ2n) is 7.37. The third-order valence-corrected chi connectivity index (χ3v) is 5.38. The smallest absolute Gasteiger partial charge is 0.338 e. The molecule has 0 radical (unpaired) electrons. The van der Waals surface area contributed by atoms with Gasteiger partial charge in [0.25, 0.3) is 0 Å². The Kier molecular flexibility index (Phi) is 5.86. The molecule has 158 valence electrons. The monoisotopic (exact) mass is 432 g/mol. The van der Waals surface area contributed by atoms with Crippen LogP contribution in [-0.4, -0.2) is 27.5 Å². The summed E-state index contributed by atoms with van der Waals surface area (Å²) in [6.45, 7) is 5.97. The van der Waals surface area contributed by atoms with E-state index in [1.807, 2.05) is 67.2 Å². The Labute approximate surface area is 186 Å². The number of benzene rings is 2. The average Bonchev–Trinajstić information content (AvgIpc) is 3.20. The van der Waals surface area contributed by atoms with E-state index in [-0.39, 0.29) is 5.97 Å². The third-order valence-electron chi connectivity index (χ3n) is 5.16. The van der Waals surface area contributed by atoms with Crippen LogP contribution in [0.15, 0.2) is 72.1 Å². The van der Waals surface area contributed by atoms with E-state index in [0.717, 1.165) is 28.1 Å². The van der Waals surface area contributed by atoms with E-state index in [9.17, 15) is 4.79 Å². The second-order valence-corrected chi connectivity index (χ2v) is 7.78. The number of aromatic nitrogens is 2. The highest BCUT2D eigenvalue weighted by atomic mass is 32.1. The number of para-hydroxylation sites is 1. The Morgan fingerprint density at radius 1 is 1.13 bits per heavy atom. The highest BCUT2D eigenvalue weighted by Crippen LogP contribution is 2.35. The van der Waals surface area contributed by atoms with Crippen molar-refractivity contribution in [1.82, 2.24) is 20.4 Å². The van der Waals surface area contributed by atoms with Crippen LogP contribution in [0.5, 0.6) is 0 Å². The molecule has 2 N–H and O–H groups in total. The number of ether oxygens (including phenoxy) is 1. The molecular formula is C24H24N4O2S. The van der Waals surface area contributed by atoms with Crippen molar-refractivity contribution < 1.29 is 9.53 Å². The zero-order valence-corrected chi connectivity index (χ0v) is 18.5.